The van der Waals surface area contributed by atoms with Crippen LogP contribution < -0.4 is 9.47 Å². The van der Waals surface area contributed by atoms with Gasteiger partial charge in [-0.3, -0.25) is 4.79 Å². The number of halogens is 1. The highest BCUT2D eigenvalue weighted by Crippen LogP contribution is 2.33. The minimum absolute atomic E-state index is 0.258. The van der Waals surface area contributed by atoms with Gasteiger partial charge < -0.3 is 14.2 Å². The predicted molar refractivity (Wildman–Crippen MR) is 168 cm³/mol. The van der Waals surface area contributed by atoms with Gasteiger partial charge in [0, 0.05) is 23.0 Å². The minimum atomic E-state index is 0.258. The second-order valence-electron chi connectivity index (χ2n) is 10.4. The summed E-state index contributed by atoms with van der Waals surface area (Å²) in [6.45, 7) is 2.41. The van der Waals surface area contributed by atoms with Crippen molar-refractivity contribution in [3.63, 3.8) is 0 Å². The number of carbonyl (C=O) groups excluding carboxylic acids is 1. The third-order valence-corrected chi connectivity index (χ3v) is 8.79. The Morgan fingerprint density at radius 1 is 0.732 bits per heavy atom. The molecular weight excluding hydrogens is 554 g/mol. The fourth-order valence-corrected chi connectivity index (χ4v) is 6.41. The Balaban J connectivity index is 0.000000794. The molecule has 0 bridgehead atoms. The van der Waals surface area contributed by atoms with E-state index in [1.807, 2.05) is 36.2 Å². The smallest absolute Gasteiger partial charge is 0.292 e. The minimum Gasteiger partial charge on any atom is -0.490 e. The number of benzene rings is 4. The van der Waals surface area contributed by atoms with Crippen molar-refractivity contribution in [2.75, 3.05) is 20.2 Å². The number of rotatable bonds is 8. The summed E-state index contributed by atoms with van der Waals surface area (Å²) >= 11 is 7.87. The quantitative estimate of drug-likeness (QED) is 0.151. The highest BCUT2D eigenvalue weighted by Gasteiger charge is 2.22. The first-order valence-corrected chi connectivity index (χ1v) is 15.4. The van der Waals surface area contributed by atoms with Crippen molar-refractivity contribution in [1.82, 2.24) is 4.31 Å². The van der Waals surface area contributed by atoms with E-state index >= 15 is 0 Å². The molecule has 5 nitrogen and oxygen atoms in total. The van der Waals surface area contributed by atoms with Gasteiger partial charge in [0.1, 0.15) is 17.6 Å². The van der Waals surface area contributed by atoms with E-state index in [4.69, 9.17) is 25.9 Å². The number of ether oxygens (including phenoxy) is 3. The lowest BCUT2D eigenvalue weighted by atomic mass is 10.1. The van der Waals surface area contributed by atoms with Crippen molar-refractivity contribution in [2.24, 2.45) is 0 Å². The lowest BCUT2D eigenvalue weighted by Crippen LogP contribution is -2.34. The largest absolute Gasteiger partial charge is 0.490 e. The number of nitrogens with zero attached hydrogens (tertiary/aromatic N) is 1. The molecule has 6 rings (SSSR count). The van der Waals surface area contributed by atoms with Crippen molar-refractivity contribution >= 4 is 40.8 Å². The summed E-state index contributed by atoms with van der Waals surface area (Å²) in [5.74, 6) is 1.94. The molecule has 0 N–H and O–H groups in total. The van der Waals surface area contributed by atoms with E-state index in [-0.39, 0.29) is 6.10 Å². The Morgan fingerprint density at radius 2 is 1.27 bits per heavy atom. The molecule has 4 aromatic carbocycles. The van der Waals surface area contributed by atoms with Crippen LogP contribution in [0.5, 0.6) is 11.5 Å². The summed E-state index contributed by atoms with van der Waals surface area (Å²) in [5, 5.41) is 3.27. The summed E-state index contributed by atoms with van der Waals surface area (Å²) < 4.78 is 18.8. The van der Waals surface area contributed by atoms with Crippen LogP contribution in [0.3, 0.4) is 0 Å². The molecule has 1 aliphatic heterocycles. The zero-order chi connectivity index (χ0) is 28.4. The lowest BCUT2D eigenvalue weighted by Gasteiger charge is -2.31. The number of piperidine rings is 1. The molecule has 0 radical (unpaired) electrons. The van der Waals surface area contributed by atoms with Gasteiger partial charge in [0.2, 0.25) is 0 Å². The molecule has 0 atom stereocenters. The fourth-order valence-electron chi connectivity index (χ4n) is 5.28. The fraction of sp³-hybridized carbons (Fsp3) is 0.324. The number of hydrogen-bond donors (Lipinski definition) is 0. The van der Waals surface area contributed by atoms with E-state index in [1.165, 1.54) is 54.0 Å². The van der Waals surface area contributed by atoms with Crippen LogP contribution in [0, 0.1) is 0 Å². The van der Waals surface area contributed by atoms with E-state index in [1.54, 1.807) is 0 Å². The molecule has 214 valence electrons. The molecule has 1 aliphatic carbocycles. The first kappa shape index (κ1) is 29.3. The van der Waals surface area contributed by atoms with E-state index in [9.17, 15) is 0 Å². The first-order valence-electron chi connectivity index (χ1n) is 14.2. The van der Waals surface area contributed by atoms with Crippen LogP contribution in [0.15, 0.2) is 89.8 Å². The number of methoxy groups -OCH3 is 1. The molecule has 4 aromatic rings. The normalized spacial score (nSPS) is 16.1. The summed E-state index contributed by atoms with van der Waals surface area (Å²) in [7, 11) is 1.31. The average Bonchev–Trinajstić information content (AvgIpc) is 3.52. The van der Waals surface area contributed by atoms with Crippen molar-refractivity contribution in [3.8, 4) is 22.6 Å². The summed E-state index contributed by atoms with van der Waals surface area (Å²) in [5.41, 5.74) is 2.33. The summed E-state index contributed by atoms with van der Waals surface area (Å²) in [6.07, 6.45) is 7.67. The molecule has 1 saturated heterocycles. The van der Waals surface area contributed by atoms with E-state index < -0.39 is 0 Å². The Hall–Kier alpha value is -3.19. The third-order valence-electron chi connectivity index (χ3n) is 7.45. The second kappa shape index (κ2) is 14.6. The number of hydrogen-bond acceptors (Lipinski definition) is 6. The maximum absolute atomic E-state index is 8.95. The van der Waals surface area contributed by atoms with Crippen LogP contribution >= 0.6 is 23.5 Å². The maximum Gasteiger partial charge on any atom is 0.292 e. The molecule has 7 heteroatoms. The van der Waals surface area contributed by atoms with Gasteiger partial charge in [-0.1, -0.05) is 48.0 Å². The molecule has 41 heavy (non-hydrogen) atoms. The third kappa shape index (κ3) is 8.41. The molecule has 1 heterocycles. The van der Waals surface area contributed by atoms with Crippen LogP contribution in [0.4, 0.5) is 0 Å². The highest BCUT2D eigenvalue weighted by molar-refractivity contribution is 7.97. The van der Waals surface area contributed by atoms with E-state index in [0.717, 1.165) is 48.0 Å². The van der Waals surface area contributed by atoms with Crippen molar-refractivity contribution in [3.05, 3.63) is 90.0 Å². The van der Waals surface area contributed by atoms with Gasteiger partial charge >= 0.3 is 0 Å². The standard InChI is InChI=1S/C32H32ClNO2S.C2H4O2/c33-27-11-5-23(6-12-27)24-7-13-29(14-8-24)35-30-17-19-34(20-18-30)37-32-16-10-25-21-31(15-9-26(25)22-32)36-28-3-1-2-4-28;1-4-2-3/h5-16,21-22,28,30H,1-4,17-20H2;2H,1H3. The molecule has 0 aromatic heterocycles. The monoisotopic (exact) mass is 589 g/mol. The zero-order valence-electron chi connectivity index (χ0n) is 23.3. The van der Waals surface area contributed by atoms with Gasteiger partial charge in [0.25, 0.3) is 6.47 Å². The van der Waals surface area contributed by atoms with E-state index in [2.05, 4.69) is 69.7 Å². The van der Waals surface area contributed by atoms with Crippen LogP contribution in [0.25, 0.3) is 21.9 Å². The van der Waals surface area contributed by atoms with Gasteiger partial charge in [-0.05, 0) is 121 Å². The topological polar surface area (TPSA) is 48.0 Å². The summed E-state index contributed by atoms with van der Waals surface area (Å²) in [4.78, 5) is 10.2. The van der Waals surface area contributed by atoms with Gasteiger partial charge in [0.05, 0.1) is 13.2 Å². The van der Waals surface area contributed by atoms with Crippen molar-refractivity contribution in [1.29, 1.82) is 0 Å². The Bertz CT molecular complexity index is 1400. The van der Waals surface area contributed by atoms with Gasteiger partial charge in [-0.25, -0.2) is 4.31 Å². The van der Waals surface area contributed by atoms with E-state index in [0.29, 0.717) is 12.6 Å². The first-order chi connectivity index (χ1) is 20.1. The molecule has 0 spiro atoms. The molecule has 2 aliphatic rings. The maximum atomic E-state index is 8.95. The lowest BCUT2D eigenvalue weighted by molar-refractivity contribution is -0.126. The second-order valence-corrected chi connectivity index (χ2v) is 12.0. The molecule has 0 amide bonds. The van der Waals surface area contributed by atoms with Crippen LogP contribution in [-0.4, -0.2) is 43.2 Å². The molecular formula is C34H36ClNO4S. The number of carbonyl (C=O) groups is 1. The number of fused-ring (bicyclic) bond motifs is 1. The Kier molecular flexibility index (Phi) is 10.5. The van der Waals surface area contributed by atoms with Gasteiger partial charge in [-0.2, -0.15) is 0 Å². The molecule has 1 saturated carbocycles. The zero-order valence-corrected chi connectivity index (χ0v) is 24.9. The molecule has 0 unspecified atom stereocenters. The Morgan fingerprint density at radius 3 is 1.93 bits per heavy atom. The van der Waals surface area contributed by atoms with Crippen molar-refractivity contribution < 1.29 is 19.0 Å². The van der Waals surface area contributed by atoms with Crippen LogP contribution in [0.2, 0.25) is 5.02 Å². The van der Waals surface area contributed by atoms with Crippen LogP contribution in [0.1, 0.15) is 38.5 Å². The summed E-state index contributed by atoms with van der Waals surface area (Å²) in [6, 6.07) is 29.6. The van der Waals surface area contributed by atoms with Gasteiger partial charge in [0.15, 0.2) is 0 Å². The highest BCUT2D eigenvalue weighted by atomic mass is 35.5. The van der Waals surface area contributed by atoms with Gasteiger partial charge in [-0.15, -0.1) is 0 Å². The molecule has 2 fully saturated rings. The SMILES string of the molecule is COC=O.Clc1ccc(-c2ccc(OC3CCN(Sc4ccc5cc(OC6CCCC6)ccc5c4)CC3)cc2)cc1. The van der Waals surface area contributed by atoms with Crippen molar-refractivity contribution in [2.45, 2.75) is 55.6 Å². The predicted octanol–water partition coefficient (Wildman–Crippen LogP) is 8.82. The Labute approximate surface area is 251 Å². The average molecular weight is 590 g/mol. The van der Waals surface area contributed by atoms with Crippen LogP contribution in [-0.2, 0) is 9.53 Å².